The predicted molar refractivity (Wildman–Crippen MR) is 316 cm³/mol. The first kappa shape index (κ1) is 56.8. The molecule has 6 N–H and O–H groups in total. The zero-order valence-electron chi connectivity index (χ0n) is 46.3. The van der Waals surface area contributed by atoms with Crippen LogP contribution in [0.2, 0.25) is 0 Å². The van der Waals surface area contributed by atoms with E-state index in [0.717, 1.165) is 103 Å². The number of thioether (sulfide) groups is 1. The van der Waals surface area contributed by atoms with E-state index >= 15 is 0 Å². The lowest BCUT2D eigenvalue weighted by molar-refractivity contribution is -0.139. The number of carbonyl (C=O) groups excluding carboxylic acids is 6. The molecule has 4 aromatic carbocycles. The molecule has 4 heterocycles. The molecule has 80 heavy (non-hydrogen) atoms. The largest absolute Gasteiger partial charge is 0.347 e. The van der Waals surface area contributed by atoms with Gasteiger partial charge in [0.2, 0.25) is 23.6 Å². The number of aromatic nitrogens is 1. The van der Waals surface area contributed by atoms with Crippen LogP contribution in [0.25, 0.3) is 22.0 Å². The summed E-state index contributed by atoms with van der Waals surface area (Å²) in [6.45, 7) is 4.12. The van der Waals surface area contributed by atoms with Crippen LogP contribution in [0.15, 0.2) is 107 Å². The summed E-state index contributed by atoms with van der Waals surface area (Å²) in [6.07, 6.45) is 10.6. The minimum Gasteiger partial charge on any atom is -0.347 e. The van der Waals surface area contributed by atoms with Crippen molar-refractivity contribution < 1.29 is 28.8 Å². The molecule has 5 aliphatic rings. The Bertz CT molecular complexity index is 3050. The van der Waals surface area contributed by atoms with Crippen LogP contribution in [-0.2, 0) is 19.2 Å². The SMILES string of the molecule is CNC(C)C(=O)NC(C(=O)N1CC(NC(=O)c2ccc3cc(C(=O)NC4CC(C5N=C(c6ccccc6)CS5)N(C(=O)C(NC(=O)C(C)NC)C5CCCCC5)C4)ccc3c2)CC1c1nc(-c2ccccc2)cs1)C1CCCCC1. The number of benzene rings is 4. The summed E-state index contributed by atoms with van der Waals surface area (Å²) in [5, 5.41) is 22.9. The van der Waals surface area contributed by atoms with Gasteiger partial charge < -0.3 is 41.7 Å². The lowest BCUT2D eigenvalue weighted by atomic mass is 9.83. The highest BCUT2D eigenvalue weighted by atomic mass is 32.2. The predicted octanol–water partition coefficient (Wildman–Crippen LogP) is 7.64. The summed E-state index contributed by atoms with van der Waals surface area (Å²) in [5.41, 5.74) is 4.72. The van der Waals surface area contributed by atoms with Crippen LogP contribution in [0.5, 0.6) is 0 Å². The van der Waals surface area contributed by atoms with Crippen LogP contribution < -0.4 is 31.9 Å². The van der Waals surface area contributed by atoms with Crippen molar-refractivity contribution in [2.45, 2.75) is 145 Å². The van der Waals surface area contributed by atoms with Crippen molar-refractivity contribution in [2.75, 3.05) is 32.9 Å². The highest BCUT2D eigenvalue weighted by molar-refractivity contribution is 8.01. The van der Waals surface area contributed by atoms with Gasteiger partial charge in [-0.1, -0.05) is 111 Å². The van der Waals surface area contributed by atoms with Gasteiger partial charge in [0.25, 0.3) is 11.8 Å². The van der Waals surface area contributed by atoms with Gasteiger partial charge in [-0.2, -0.15) is 0 Å². The first-order chi connectivity index (χ1) is 38.8. The molecular weight excluding hydrogens is 1040 g/mol. The average molecular weight is 1120 g/mol. The highest BCUT2D eigenvalue weighted by Crippen LogP contribution is 2.40. The number of nitrogens with one attached hydrogen (secondary N) is 6. The molecule has 4 fully saturated rings. The average Bonchev–Trinajstić information content (AvgIpc) is 4.54. The Morgan fingerprint density at radius 1 is 0.600 bits per heavy atom. The van der Waals surface area contributed by atoms with E-state index in [1.807, 2.05) is 88.0 Å². The number of aliphatic imine (C=N–C) groups is 1. The van der Waals surface area contributed by atoms with E-state index in [1.165, 1.54) is 11.3 Å². The van der Waals surface area contributed by atoms with Crippen LogP contribution in [0, 0.1) is 11.8 Å². The number of amides is 6. The van der Waals surface area contributed by atoms with E-state index in [1.54, 1.807) is 51.8 Å². The molecule has 9 unspecified atom stereocenters. The maximum Gasteiger partial charge on any atom is 0.251 e. The number of nitrogens with zero attached hydrogens (tertiary/aromatic N) is 4. The summed E-state index contributed by atoms with van der Waals surface area (Å²) in [4.78, 5) is 99.3. The topological polar surface area (TPSA) is 206 Å². The van der Waals surface area contributed by atoms with E-state index in [2.05, 4.69) is 44.0 Å². The number of likely N-dealkylation sites (N-methyl/N-ethyl adjacent to an activating group) is 2. The molecule has 10 rings (SSSR count). The van der Waals surface area contributed by atoms with Crippen LogP contribution in [0.1, 0.15) is 128 Å². The molecule has 0 bridgehead atoms. The first-order valence-electron chi connectivity index (χ1n) is 28.8. The molecule has 9 atom stereocenters. The molecule has 1 aromatic heterocycles. The quantitative estimate of drug-likeness (QED) is 0.0506. The molecular formula is C62H76N10O6S2. The number of fused-ring (bicyclic) bond motifs is 1. The summed E-state index contributed by atoms with van der Waals surface area (Å²) in [6, 6.07) is 27.1. The van der Waals surface area contributed by atoms with Gasteiger partial charge in [0.1, 0.15) is 22.5 Å². The standard InChI is InChI=1S/C62H76N10O6S2/c1-37(63-3)55(73)69-53(41-21-13-7-14-22-41)61(77)71-33-47(31-51(71)59-67-49(35-79-59)39-17-9-5-10-18-39)65-57(75)45-27-25-44-30-46(28-26-43(44)29-45)58(76)66-48-32-52(60-68-50(36-80-60)40-19-11-6-12-20-40)72(34-48)62(78)54(42-23-15-8-16-24-42)70-56(74)38(2)64-4/h5-6,9-12,17-20,25-30,35,37-38,41-42,47-48,51-54,60,63-64H,7-8,13-16,21-24,31-34,36H2,1-4H3,(H,65,75)(H,66,76)(H,69,73)(H,70,74). The fraction of sp³-hybridized carbons (Fsp3) is 0.484. The van der Waals surface area contributed by atoms with E-state index in [4.69, 9.17) is 9.98 Å². The second kappa shape index (κ2) is 26.0. The van der Waals surface area contributed by atoms with Crippen molar-refractivity contribution in [3.63, 3.8) is 0 Å². The Balaban J connectivity index is 0.846. The molecule has 422 valence electrons. The molecule has 0 spiro atoms. The van der Waals surface area contributed by atoms with E-state index < -0.39 is 36.3 Å². The van der Waals surface area contributed by atoms with Gasteiger partial charge in [0, 0.05) is 53.0 Å². The molecule has 6 amide bonds. The lowest BCUT2D eigenvalue weighted by Crippen LogP contribution is -2.57. The van der Waals surface area contributed by atoms with Gasteiger partial charge in [-0.25, -0.2) is 4.98 Å². The van der Waals surface area contributed by atoms with E-state index in [9.17, 15) is 28.8 Å². The monoisotopic (exact) mass is 1120 g/mol. The lowest BCUT2D eigenvalue weighted by Gasteiger charge is -2.36. The van der Waals surface area contributed by atoms with Gasteiger partial charge in [0.05, 0.1) is 35.6 Å². The molecule has 3 aliphatic heterocycles. The Morgan fingerprint density at radius 2 is 1.10 bits per heavy atom. The molecule has 18 heteroatoms. The number of rotatable bonds is 18. The van der Waals surface area contributed by atoms with Crippen LogP contribution in [-0.4, -0.2) is 137 Å². The van der Waals surface area contributed by atoms with Crippen molar-refractivity contribution in [1.82, 2.24) is 46.7 Å². The first-order valence-corrected chi connectivity index (χ1v) is 30.7. The number of thiazole rings is 1. The van der Waals surface area contributed by atoms with Gasteiger partial charge in [-0.3, -0.25) is 33.8 Å². The Morgan fingerprint density at radius 3 is 1.64 bits per heavy atom. The maximum absolute atomic E-state index is 15.0. The smallest absolute Gasteiger partial charge is 0.251 e. The molecule has 2 saturated carbocycles. The Kier molecular flexibility index (Phi) is 18.4. The maximum atomic E-state index is 15.0. The fourth-order valence-corrected chi connectivity index (χ4v) is 14.6. The van der Waals surface area contributed by atoms with E-state index in [-0.39, 0.29) is 77.8 Å². The summed E-state index contributed by atoms with van der Waals surface area (Å²) in [7, 11) is 3.47. The second-order valence-corrected chi connectivity index (χ2v) is 24.5. The number of carbonyl (C=O) groups is 6. The van der Waals surface area contributed by atoms with Crippen LogP contribution in [0.3, 0.4) is 0 Å². The van der Waals surface area contributed by atoms with Crippen LogP contribution in [0.4, 0.5) is 0 Å². The second-order valence-electron chi connectivity index (χ2n) is 22.5. The minimum absolute atomic E-state index is 0.00172. The molecule has 16 nitrogen and oxygen atoms in total. The number of likely N-dealkylation sites (tertiary alicyclic amines) is 2. The number of hydrogen-bond donors (Lipinski definition) is 6. The van der Waals surface area contributed by atoms with Gasteiger partial charge in [0.15, 0.2) is 0 Å². The minimum atomic E-state index is -0.707. The third kappa shape index (κ3) is 13.0. The molecule has 0 radical (unpaired) electrons. The Labute approximate surface area is 477 Å². The zero-order chi connectivity index (χ0) is 55.9. The third-order valence-electron chi connectivity index (χ3n) is 17.3. The van der Waals surface area contributed by atoms with Crippen molar-refractivity contribution in [3.8, 4) is 11.3 Å². The summed E-state index contributed by atoms with van der Waals surface area (Å²) >= 11 is 3.20. The third-order valence-corrected chi connectivity index (χ3v) is 19.4. The van der Waals surface area contributed by atoms with Crippen molar-refractivity contribution in [2.24, 2.45) is 16.8 Å². The zero-order valence-corrected chi connectivity index (χ0v) is 48.0. The molecule has 5 aromatic rings. The Hall–Kier alpha value is -6.47. The normalized spacial score (nSPS) is 23.2. The van der Waals surface area contributed by atoms with Crippen molar-refractivity contribution in [3.05, 3.63) is 124 Å². The van der Waals surface area contributed by atoms with Crippen molar-refractivity contribution in [1.29, 1.82) is 0 Å². The highest BCUT2D eigenvalue weighted by Gasteiger charge is 2.47. The van der Waals surface area contributed by atoms with Gasteiger partial charge in [-0.15, -0.1) is 23.1 Å². The van der Waals surface area contributed by atoms with Gasteiger partial charge in [-0.05, 0) is 119 Å². The molecule has 2 saturated heterocycles. The van der Waals surface area contributed by atoms with Gasteiger partial charge >= 0.3 is 0 Å². The van der Waals surface area contributed by atoms with Crippen LogP contribution >= 0.6 is 23.1 Å². The van der Waals surface area contributed by atoms with Crippen molar-refractivity contribution >= 4 is 75.0 Å². The molecule has 2 aliphatic carbocycles. The van der Waals surface area contributed by atoms with E-state index in [0.29, 0.717) is 29.7 Å². The summed E-state index contributed by atoms with van der Waals surface area (Å²) in [5.74, 6) is -0.550. The number of hydrogen-bond acceptors (Lipinski definition) is 12. The summed E-state index contributed by atoms with van der Waals surface area (Å²) < 4.78 is 0. The fourth-order valence-electron chi connectivity index (χ4n) is 12.4.